The molecule has 0 aromatic rings. The van der Waals surface area contributed by atoms with Gasteiger partial charge in [-0.2, -0.15) is 0 Å². The molecule has 1 heterocycles. The first-order chi connectivity index (χ1) is 8.84. The van der Waals surface area contributed by atoms with Crippen molar-refractivity contribution in [1.82, 2.24) is 4.90 Å². The van der Waals surface area contributed by atoms with Crippen molar-refractivity contribution in [1.29, 1.82) is 0 Å². The van der Waals surface area contributed by atoms with Gasteiger partial charge in [-0.3, -0.25) is 9.59 Å². The molecule has 0 spiro atoms. The zero-order valence-corrected chi connectivity index (χ0v) is 12.2. The Morgan fingerprint density at radius 3 is 2.21 bits per heavy atom. The second-order valence-corrected chi connectivity index (χ2v) is 6.80. The number of rotatable bonds is 4. The van der Waals surface area contributed by atoms with Crippen molar-refractivity contribution < 1.29 is 14.7 Å². The molecule has 0 bridgehead atoms. The van der Waals surface area contributed by atoms with E-state index in [0.717, 1.165) is 13.1 Å². The molecule has 108 valence electrons. The molecule has 1 N–H and O–H groups in total. The summed E-state index contributed by atoms with van der Waals surface area (Å²) in [6.07, 6.45) is 3.87. The van der Waals surface area contributed by atoms with Crippen LogP contribution in [0.5, 0.6) is 0 Å². The van der Waals surface area contributed by atoms with E-state index in [2.05, 4.69) is 0 Å². The summed E-state index contributed by atoms with van der Waals surface area (Å²) in [6.45, 7) is 7.13. The van der Waals surface area contributed by atoms with E-state index >= 15 is 0 Å². The second-order valence-electron chi connectivity index (χ2n) is 6.80. The number of amides is 1. The maximum Gasteiger partial charge on any atom is 0.310 e. The standard InChI is InChI=1S/C15H25NO3/c1-10(2)15(3,14(18)19)7-13(17)16-8-11-5-4-6-12(11)9-16/h10-12H,4-9H2,1-3H3,(H,18,19). The van der Waals surface area contributed by atoms with E-state index in [1.807, 2.05) is 18.7 Å². The number of likely N-dealkylation sites (tertiary alicyclic amines) is 1. The Kier molecular flexibility index (Phi) is 3.88. The minimum absolute atomic E-state index is 0.0213. The monoisotopic (exact) mass is 267 g/mol. The van der Waals surface area contributed by atoms with Crippen molar-refractivity contribution in [2.24, 2.45) is 23.2 Å². The maximum absolute atomic E-state index is 12.4. The Labute approximate surface area is 115 Å². The molecule has 3 atom stereocenters. The van der Waals surface area contributed by atoms with Crippen LogP contribution in [-0.4, -0.2) is 35.0 Å². The largest absolute Gasteiger partial charge is 0.481 e. The topological polar surface area (TPSA) is 57.6 Å². The quantitative estimate of drug-likeness (QED) is 0.850. The highest BCUT2D eigenvalue weighted by atomic mass is 16.4. The van der Waals surface area contributed by atoms with Gasteiger partial charge in [0.15, 0.2) is 0 Å². The highest BCUT2D eigenvalue weighted by Crippen LogP contribution is 2.39. The number of carbonyl (C=O) groups is 2. The van der Waals surface area contributed by atoms with Crippen molar-refractivity contribution in [2.75, 3.05) is 13.1 Å². The molecule has 0 aromatic heterocycles. The Bertz CT molecular complexity index is 368. The first kappa shape index (κ1) is 14.4. The summed E-state index contributed by atoms with van der Waals surface area (Å²) in [4.78, 5) is 25.7. The number of aliphatic carboxylic acids is 1. The van der Waals surface area contributed by atoms with E-state index in [4.69, 9.17) is 0 Å². The lowest BCUT2D eigenvalue weighted by molar-refractivity contribution is -0.155. The van der Waals surface area contributed by atoms with Gasteiger partial charge in [0.1, 0.15) is 0 Å². The van der Waals surface area contributed by atoms with Crippen LogP contribution < -0.4 is 0 Å². The van der Waals surface area contributed by atoms with Crippen molar-refractivity contribution in [3.8, 4) is 0 Å². The number of hydrogen-bond acceptors (Lipinski definition) is 2. The fourth-order valence-electron chi connectivity index (χ4n) is 3.39. The summed E-state index contributed by atoms with van der Waals surface area (Å²) in [5.74, 6) is 0.442. The molecule has 2 fully saturated rings. The molecule has 1 saturated carbocycles. The number of carbonyl (C=O) groups excluding carboxylic acids is 1. The predicted molar refractivity (Wildman–Crippen MR) is 72.6 cm³/mol. The molecule has 0 aromatic carbocycles. The number of fused-ring (bicyclic) bond motifs is 1. The van der Waals surface area contributed by atoms with Gasteiger partial charge >= 0.3 is 5.97 Å². The molecule has 1 aliphatic heterocycles. The van der Waals surface area contributed by atoms with Gasteiger partial charge in [0, 0.05) is 19.5 Å². The van der Waals surface area contributed by atoms with Crippen LogP contribution in [0, 0.1) is 23.2 Å². The van der Waals surface area contributed by atoms with E-state index in [1.54, 1.807) is 6.92 Å². The van der Waals surface area contributed by atoms with Crippen LogP contribution in [0.25, 0.3) is 0 Å². The Balaban J connectivity index is 1.99. The summed E-state index contributed by atoms with van der Waals surface area (Å²) in [5, 5.41) is 9.39. The van der Waals surface area contributed by atoms with Gasteiger partial charge in [0.25, 0.3) is 0 Å². The van der Waals surface area contributed by atoms with Crippen LogP contribution in [0.1, 0.15) is 46.5 Å². The average molecular weight is 267 g/mol. The molecule has 1 amide bonds. The van der Waals surface area contributed by atoms with E-state index < -0.39 is 11.4 Å². The van der Waals surface area contributed by atoms with Crippen LogP contribution in [-0.2, 0) is 9.59 Å². The van der Waals surface area contributed by atoms with Crippen LogP contribution in [0.3, 0.4) is 0 Å². The highest BCUT2D eigenvalue weighted by Gasteiger charge is 2.43. The lowest BCUT2D eigenvalue weighted by Crippen LogP contribution is -2.40. The molecule has 4 nitrogen and oxygen atoms in total. The predicted octanol–water partition coefficient (Wildman–Crippen LogP) is 2.38. The molecule has 4 heteroatoms. The lowest BCUT2D eigenvalue weighted by Gasteiger charge is -2.30. The number of carboxylic acids is 1. The third-order valence-corrected chi connectivity index (χ3v) is 5.36. The van der Waals surface area contributed by atoms with E-state index in [0.29, 0.717) is 11.8 Å². The molecular formula is C15H25NO3. The average Bonchev–Trinajstić information content (AvgIpc) is 2.87. The Morgan fingerprint density at radius 1 is 1.26 bits per heavy atom. The van der Waals surface area contributed by atoms with E-state index in [1.165, 1.54) is 19.3 Å². The van der Waals surface area contributed by atoms with Crippen LogP contribution >= 0.6 is 0 Å². The molecule has 0 radical (unpaired) electrons. The van der Waals surface area contributed by atoms with Crippen LogP contribution in [0.4, 0.5) is 0 Å². The first-order valence-electron chi connectivity index (χ1n) is 7.35. The minimum Gasteiger partial charge on any atom is -0.481 e. The molecular weight excluding hydrogens is 242 g/mol. The van der Waals surface area contributed by atoms with Crippen molar-refractivity contribution >= 4 is 11.9 Å². The zero-order valence-electron chi connectivity index (χ0n) is 12.2. The summed E-state index contributed by atoms with van der Waals surface area (Å²) in [5.41, 5.74) is -0.950. The number of carboxylic acid groups (broad SMARTS) is 1. The Hall–Kier alpha value is -1.06. The van der Waals surface area contributed by atoms with E-state index in [9.17, 15) is 14.7 Å². The molecule has 19 heavy (non-hydrogen) atoms. The molecule has 1 saturated heterocycles. The smallest absolute Gasteiger partial charge is 0.310 e. The van der Waals surface area contributed by atoms with Crippen molar-refractivity contribution in [3.05, 3.63) is 0 Å². The maximum atomic E-state index is 12.4. The lowest BCUT2D eigenvalue weighted by atomic mass is 9.76. The Morgan fingerprint density at radius 2 is 1.79 bits per heavy atom. The van der Waals surface area contributed by atoms with Gasteiger partial charge in [-0.15, -0.1) is 0 Å². The third kappa shape index (κ3) is 2.63. The van der Waals surface area contributed by atoms with Crippen molar-refractivity contribution in [3.63, 3.8) is 0 Å². The summed E-state index contributed by atoms with van der Waals surface area (Å²) < 4.78 is 0. The number of hydrogen-bond donors (Lipinski definition) is 1. The summed E-state index contributed by atoms with van der Waals surface area (Å²) in [6, 6.07) is 0. The van der Waals surface area contributed by atoms with Gasteiger partial charge < -0.3 is 10.0 Å². The van der Waals surface area contributed by atoms with Gasteiger partial charge in [0.05, 0.1) is 5.41 Å². The minimum atomic E-state index is -0.950. The normalized spacial score (nSPS) is 29.4. The van der Waals surface area contributed by atoms with Crippen molar-refractivity contribution in [2.45, 2.75) is 46.5 Å². The van der Waals surface area contributed by atoms with Gasteiger partial charge in [-0.25, -0.2) is 0 Å². The third-order valence-electron chi connectivity index (χ3n) is 5.36. The van der Waals surface area contributed by atoms with E-state index in [-0.39, 0.29) is 18.2 Å². The summed E-state index contributed by atoms with van der Waals surface area (Å²) in [7, 11) is 0. The SMILES string of the molecule is CC(C)C(C)(CC(=O)N1CC2CCCC2C1)C(=O)O. The molecule has 2 rings (SSSR count). The first-order valence-corrected chi connectivity index (χ1v) is 7.35. The van der Waals surface area contributed by atoms with Gasteiger partial charge in [0.2, 0.25) is 5.91 Å². The fourth-order valence-corrected chi connectivity index (χ4v) is 3.39. The molecule has 2 aliphatic rings. The second kappa shape index (κ2) is 5.14. The highest BCUT2D eigenvalue weighted by molar-refractivity contribution is 5.85. The molecule has 3 unspecified atom stereocenters. The fraction of sp³-hybridized carbons (Fsp3) is 0.867. The number of nitrogens with zero attached hydrogens (tertiary/aromatic N) is 1. The van der Waals surface area contributed by atoms with Gasteiger partial charge in [-0.1, -0.05) is 20.3 Å². The van der Waals surface area contributed by atoms with Crippen LogP contribution in [0.15, 0.2) is 0 Å². The van der Waals surface area contributed by atoms with Crippen LogP contribution in [0.2, 0.25) is 0 Å². The zero-order chi connectivity index (χ0) is 14.2. The summed E-state index contributed by atoms with van der Waals surface area (Å²) >= 11 is 0. The molecule has 1 aliphatic carbocycles. The van der Waals surface area contributed by atoms with Gasteiger partial charge in [-0.05, 0) is 37.5 Å².